The van der Waals surface area contributed by atoms with E-state index in [0.717, 1.165) is 32.0 Å². The monoisotopic (exact) mass is 433 g/mol. The number of nitrogens with one attached hydrogen (secondary N) is 1. The lowest BCUT2D eigenvalue weighted by Gasteiger charge is -2.35. The van der Waals surface area contributed by atoms with Crippen molar-refractivity contribution < 1.29 is 9.53 Å². The molecule has 0 aliphatic carbocycles. The van der Waals surface area contributed by atoms with Crippen LogP contribution in [0.1, 0.15) is 21.1 Å². The standard InChI is InChI=1S/C19H20ClN5O3S/c1-11-15-17(26)22-13(23-18(15)29-16(11)19(27)28-2)10-24-5-7-25(8-6-24)14-4-3-12(20)9-21-14/h3-4,9H,5-8,10H2,1-2H3,(H,22,23,26). The van der Waals surface area contributed by atoms with Crippen LogP contribution in [-0.2, 0) is 11.3 Å². The highest BCUT2D eigenvalue weighted by Crippen LogP contribution is 2.27. The summed E-state index contributed by atoms with van der Waals surface area (Å²) < 4.78 is 4.80. The van der Waals surface area contributed by atoms with Gasteiger partial charge in [-0.15, -0.1) is 11.3 Å². The summed E-state index contributed by atoms with van der Waals surface area (Å²) in [7, 11) is 1.33. The maximum absolute atomic E-state index is 12.6. The zero-order valence-electron chi connectivity index (χ0n) is 16.1. The van der Waals surface area contributed by atoms with Crippen LogP contribution in [0.5, 0.6) is 0 Å². The normalized spacial score (nSPS) is 15.1. The number of thiophene rings is 1. The summed E-state index contributed by atoms with van der Waals surface area (Å²) in [5, 5.41) is 1.08. The van der Waals surface area contributed by atoms with Crippen LogP contribution in [0.2, 0.25) is 5.02 Å². The summed E-state index contributed by atoms with van der Waals surface area (Å²) in [6, 6.07) is 3.76. The van der Waals surface area contributed by atoms with Crippen molar-refractivity contribution in [2.75, 3.05) is 38.2 Å². The summed E-state index contributed by atoms with van der Waals surface area (Å²) in [5.41, 5.74) is 0.388. The van der Waals surface area contributed by atoms with Gasteiger partial charge in [0.1, 0.15) is 21.3 Å². The summed E-state index contributed by atoms with van der Waals surface area (Å²) in [5.74, 6) is 1.06. The largest absolute Gasteiger partial charge is 0.465 e. The van der Waals surface area contributed by atoms with Gasteiger partial charge in [0.05, 0.1) is 24.1 Å². The third-order valence-electron chi connectivity index (χ3n) is 5.00. The zero-order chi connectivity index (χ0) is 20.5. The van der Waals surface area contributed by atoms with Gasteiger partial charge in [0.2, 0.25) is 0 Å². The van der Waals surface area contributed by atoms with Crippen LogP contribution in [0.25, 0.3) is 10.2 Å². The highest BCUT2D eigenvalue weighted by atomic mass is 35.5. The van der Waals surface area contributed by atoms with Crippen LogP contribution in [0, 0.1) is 6.92 Å². The third kappa shape index (κ3) is 3.98. The average molecular weight is 434 g/mol. The smallest absolute Gasteiger partial charge is 0.348 e. The van der Waals surface area contributed by atoms with Crippen LogP contribution >= 0.6 is 22.9 Å². The van der Waals surface area contributed by atoms with E-state index in [1.54, 1.807) is 13.1 Å². The number of carbonyl (C=O) groups excluding carboxylic acids is 1. The van der Waals surface area contributed by atoms with Gasteiger partial charge in [0.15, 0.2) is 0 Å². The maximum Gasteiger partial charge on any atom is 0.348 e. The molecule has 0 radical (unpaired) electrons. The number of methoxy groups -OCH3 is 1. The summed E-state index contributed by atoms with van der Waals surface area (Å²) >= 11 is 7.10. The number of ether oxygens (including phenoxy) is 1. The predicted molar refractivity (Wildman–Crippen MR) is 113 cm³/mol. The van der Waals surface area contributed by atoms with Crippen LogP contribution in [0.15, 0.2) is 23.1 Å². The Morgan fingerprint density at radius 1 is 1.31 bits per heavy atom. The number of carbonyl (C=O) groups is 1. The average Bonchev–Trinajstić information content (AvgIpc) is 3.05. The van der Waals surface area contributed by atoms with Gasteiger partial charge in [-0.25, -0.2) is 14.8 Å². The molecule has 0 aromatic carbocycles. The Morgan fingerprint density at radius 2 is 2.07 bits per heavy atom. The molecule has 0 spiro atoms. The van der Waals surface area contributed by atoms with Gasteiger partial charge in [0, 0.05) is 32.4 Å². The lowest BCUT2D eigenvalue weighted by molar-refractivity contribution is 0.0605. The minimum Gasteiger partial charge on any atom is -0.465 e. The van der Waals surface area contributed by atoms with Crippen LogP contribution < -0.4 is 10.5 Å². The van der Waals surface area contributed by atoms with Gasteiger partial charge < -0.3 is 14.6 Å². The minimum atomic E-state index is -0.446. The van der Waals surface area contributed by atoms with E-state index in [4.69, 9.17) is 16.3 Å². The van der Waals surface area contributed by atoms with Crippen molar-refractivity contribution in [3.05, 3.63) is 50.0 Å². The van der Waals surface area contributed by atoms with Gasteiger partial charge in [-0.2, -0.15) is 0 Å². The molecule has 8 nitrogen and oxygen atoms in total. The Kier molecular flexibility index (Phi) is 5.53. The molecule has 152 valence electrons. The number of aromatic nitrogens is 3. The molecule has 29 heavy (non-hydrogen) atoms. The first-order valence-corrected chi connectivity index (χ1v) is 10.3. The topological polar surface area (TPSA) is 91.4 Å². The zero-order valence-corrected chi connectivity index (χ0v) is 17.6. The van der Waals surface area contributed by atoms with Gasteiger partial charge in [-0.1, -0.05) is 11.6 Å². The Morgan fingerprint density at radius 3 is 2.72 bits per heavy atom. The van der Waals surface area contributed by atoms with Crippen molar-refractivity contribution in [2.24, 2.45) is 0 Å². The highest BCUT2D eigenvalue weighted by Gasteiger charge is 2.22. The number of anilines is 1. The van der Waals surface area contributed by atoms with Gasteiger partial charge in [-0.3, -0.25) is 9.69 Å². The number of nitrogens with zero attached hydrogens (tertiary/aromatic N) is 4. The second kappa shape index (κ2) is 8.10. The molecule has 0 unspecified atom stereocenters. The highest BCUT2D eigenvalue weighted by molar-refractivity contribution is 7.20. The molecule has 0 atom stereocenters. The predicted octanol–water partition coefficient (Wildman–Crippen LogP) is 2.45. The second-order valence-corrected chi connectivity index (χ2v) is 8.27. The number of fused-ring (bicyclic) bond motifs is 1. The summed E-state index contributed by atoms with van der Waals surface area (Å²) in [6.07, 6.45) is 1.65. The van der Waals surface area contributed by atoms with E-state index in [2.05, 4.69) is 24.8 Å². The molecule has 3 aromatic rings. The molecule has 4 heterocycles. The quantitative estimate of drug-likeness (QED) is 0.632. The molecule has 3 aromatic heterocycles. The number of pyridine rings is 1. The SMILES string of the molecule is COC(=O)c1sc2nc(CN3CCN(c4ccc(Cl)cn4)CC3)[nH]c(=O)c2c1C. The van der Waals surface area contributed by atoms with E-state index < -0.39 is 5.97 Å². The third-order valence-corrected chi connectivity index (χ3v) is 6.39. The fourth-order valence-corrected chi connectivity index (χ4v) is 4.68. The molecule has 4 rings (SSSR count). The fraction of sp³-hybridized carbons (Fsp3) is 0.368. The van der Waals surface area contributed by atoms with E-state index >= 15 is 0 Å². The Labute approximate surface area is 176 Å². The van der Waals surface area contributed by atoms with Crippen molar-refractivity contribution in [2.45, 2.75) is 13.5 Å². The molecular weight excluding hydrogens is 414 g/mol. The van der Waals surface area contributed by atoms with Crippen molar-refractivity contribution in [1.29, 1.82) is 0 Å². The number of aromatic amines is 1. The summed E-state index contributed by atoms with van der Waals surface area (Å²) in [4.78, 5) is 41.7. The molecule has 1 fully saturated rings. The molecule has 0 saturated carbocycles. The van der Waals surface area contributed by atoms with E-state index in [-0.39, 0.29) is 5.56 Å². The van der Waals surface area contributed by atoms with Gasteiger partial charge >= 0.3 is 5.97 Å². The molecule has 0 amide bonds. The minimum absolute atomic E-state index is 0.224. The molecule has 1 saturated heterocycles. The van der Waals surface area contributed by atoms with E-state index in [9.17, 15) is 9.59 Å². The number of hydrogen-bond acceptors (Lipinski definition) is 8. The fourth-order valence-electron chi connectivity index (χ4n) is 3.45. The van der Waals surface area contributed by atoms with Crippen molar-refractivity contribution in [3.8, 4) is 0 Å². The Bertz CT molecular complexity index is 1100. The lowest BCUT2D eigenvalue weighted by Crippen LogP contribution is -2.46. The number of aryl methyl sites for hydroxylation is 1. The Balaban J connectivity index is 1.48. The molecule has 1 N–H and O–H groups in total. The number of H-pyrrole nitrogens is 1. The van der Waals surface area contributed by atoms with Crippen LogP contribution in [-0.4, -0.2) is 59.1 Å². The number of rotatable bonds is 4. The Hall–Kier alpha value is -2.49. The first-order valence-electron chi connectivity index (χ1n) is 9.15. The van der Waals surface area contributed by atoms with Crippen molar-refractivity contribution >= 4 is 44.9 Å². The van der Waals surface area contributed by atoms with Crippen molar-refractivity contribution in [3.63, 3.8) is 0 Å². The number of halogens is 1. The summed E-state index contributed by atoms with van der Waals surface area (Å²) in [6.45, 7) is 5.58. The maximum atomic E-state index is 12.6. The molecule has 1 aliphatic heterocycles. The molecule has 1 aliphatic rings. The second-order valence-electron chi connectivity index (χ2n) is 6.84. The van der Waals surface area contributed by atoms with Gasteiger partial charge in [-0.05, 0) is 24.6 Å². The first-order chi connectivity index (χ1) is 14.0. The van der Waals surface area contributed by atoms with Gasteiger partial charge in [0.25, 0.3) is 5.56 Å². The first kappa shape index (κ1) is 19.8. The van der Waals surface area contributed by atoms with Crippen molar-refractivity contribution in [1.82, 2.24) is 19.9 Å². The molecule has 0 bridgehead atoms. The van der Waals surface area contributed by atoms with Crippen LogP contribution in [0.4, 0.5) is 5.82 Å². The number of esters is 1. The lowest BCUT2D eigenvalue weighted by atomic mass is 10.2. The van der Waals surface area contributed by atoms with E-state index in [1.807, 2.05) is 12.1 Å². The van der Waals surface area contributed by atoms with E-state index in [1.165, 1.54) is 18.4 Å². The van der Waals surface area contributed by atoms with Crippen LogP contribution in [0.3, 0.4) is 0 Å². The molecular formula is C19H20ClN5O3S. The number of hydrogen-bond donors (Lipinski definition) is 1. The number of piperazine rings is 1. The molecule has 10 heteroatoms. The van der Waals surface area contributed by atoms with E-state index in [0.29, 0.717) is 38.0 Å².